The normalized spacial score (nSPS) is 12.4. The molecule has 0 saturated heterocycles. The van der Waals surface area contributed by atoms with Crippen LogP contribution in [0.3, 0.4) is 0 Å². The number of benzene rings is 1. The van der Waals surface area contributed by atoms with Crippen LogP contribution < -0.4 is 5.32 Å². The van der Waals surface area contributed by atoms with Crippen molar-refractivity contribution in [2.75, 3.05) is 5.32 Å². The molecule has 1 atom stereocenters. The maximum atomic E-state index is 4.40. The van der Waals surface area contributed by atoms with Crippen molar-refractivity contribution in [3.63, 3.8) is 0 Å². The molecule has 0 spiro atoms. The van der Waals surface area contributed by atoms with Gasteiger partial charge in [0.15, 0.2) is 0 Å². The predicted molar refractivity (Wildman–Crippen MR) is 75.5 cm³/mol. The van der Waals surface area contributed by atoms with Gasteiger partial charge in [0.25, 0.3) is 0 Å². The van der Waals surface area contributed by atoms with Crippen molar-refractivity contribution in [1.29, 1.82) is 0 Å². The second kappa shape index (κ2) is 5.60. The van der Waals surface area contributed by atoms with Crippen molar-refractivity contribution < 1.29 is 0 Å². The lowest BCUT2D eigenvalue weighted by atomic mass is 10.1. The van der Waals surface area contributed by atoms with Crippen LogP contribution in [0.5, 0.6) is 0 Å². The third-order valence-corrected chi connectivity index (χ3v) is 3.71. The second-order valence-corrected chi connectivity index (χ2v) is 5.45. The Morgan fingerprint density at radius 3 is 2.65 bits per heavy atom. The highest BCUT2D eigenvalue weighted by molar-refractivity contribution is 9.10. The van der Waals surface area contributed by atoms with E-state index in [9.17, 15) is 0 Å². The van der Waals surface area contributed by atoms with Gasteiger partial charge in [0.2, 0.25) is 5.13 Å². The van der Waals surface area contributed by atoms with E-state index in [-0.39, 0.29) is 6.04 Å². The van der Waals surface area contributed by atoms with Gasteiger partial charge >= 0.3 is 0 Å². The van der Waals surface area contributed by atoms with Gasteiger partial charge in [-0.1, -0.05) is 35.0 Å². The molecule has 0 aliphatic carbocycles. The fraction of sp³-hybridized carbons (Fsp3) is 0.333. The number of aryl methyl sites for hydroxylation is 1. The lowest BCUT2D eigenvalue weighted by Crippen LogP contribution is -2.06. The highest BCUT2D eigenvalue weighted by atomic mass is 79.9. The first-order chi connectivity index (χ1) is 8.19. The number of aromatic nitrogens is 2. The highest BCUT2D eigenvalue weighted by Gasteiger charge is 2.08. The van der Waals surface area contributed by atoms with Crippen LogP contribution in [0, 0.1) is 0 Å². The predicted octanol–water partition coefficient (Wildman–Crippen LogP) is 4.04. The molecule has 2 aromatic rings. The van der Waals surface area contributed by atoms with Crippen molar-refractivity contribution in [3.05, 3.63) is 40.1 Å². The fourth-order valence-corrected chi connectivity index (χ4v) is 2.48. The molecular weight excluding hydrogens is 298 g/mol. The third kappa shape index (κ3) is 3.26. The second-order valence-electron chi connectivity index (χ2n) is 3.79. The third-order valence-electron chi connectivity index (χ3n) is 2.49. The SMILES string of the molecule is CCc1nsc(NC(C)c2ccc(Br)cc2)n1. The van der Waals surface area contributed by atoms with E-state index in [0.29, 0.717) is 0 Å². The molecule has 90 valence electrons. The Morgan fingerprint density at radius 2 is 2.06 bits per heavy atom. The lowest BCUT2D eigenvalue weighted by molar-refractivity contribution is 0.876. The van der Waals surface area contributed by atoms with Gasteiger partial charge in [-0.3, -0.25) is 0 Å². The Kier molecular flexibility index (Phi) is 4.12. The number of nitrogens with zero attached hydrogens (tertiary/aromatic N) is 2. The number of hydrogen-bond donors (Lipinski definition) is 1. The van der Waals surface area contributed by atoms with Crippen molar-refractivity contribution >= 4 is 32.6 Å². The van der Waals surface area contributed by atoms with Gasteiger partial charge in [-0.15, -0.1) is 0 Å². The molecular formula is C12H14BrN3S. The van der Waals surface area contributed by atoms with E-state index in [1.165, 1.54) is 17.1 Å². The van der Waals surface area contributed by atoms with Gasteiger partial charge < -0.3 is 5.32 Å². The first-order valence-electron chi connectivity index (χ1n) is 5.53. The Hall–Kier alpha value is -0.940. The first kappa shape index (κ1) is 12.5. The van der Waals surface area contributed by atoms with Gasteiger partial charge in [-0.05, 0) is 24.6 Å². The average Bonchev–Trinajstić information content (AvgIpc) is 2.77. The summed E-state index contributed by atoms with van der Waals surface area (Å²) in [5.41, 5.74) is 1.24. The maximum Gasteiger partial charge on any atom is 0.203 e. The van der Waals surface area contributed by atoms with Gasteiger partial charge in [-0.25, -0.2) is 4.98 Å². The van der Waals surface area contributed by atoms with Crippen LogP contribution >= 0.6 is 27.5 Å². The van der Waals surface area contributed by atoms with Crippen LogP contribution in [0.25, 0.3) is 0 Å². The van der Waals surface area contributed by atoms with Gasteiger partial charge in [0.1, 0.15) is 5.82 Å². The molecule has 1 aromatic heterocycles. The first-order valence-corrected chi connectivity index (χ1v) is 7.10. The molecule has 2 rings (SSSR count). The molecule has 0 aliphatic rings. The summed E-state index contributed by atoms with van der Waals surface area (Å²) in [6, 6.07) is 8.53. The molecule has 3 nitrogen and oxygen atoms in total. The van der Waals surface area contributed by atoms with Crippen LogP contribution in [0.15, 0.2) is 28.7 Å². The molecule has 0 bridgehead atoms. The summed E-state index contributed by atoms with van der Waals surface area (Å²) in [5, 5.41) is 4.25. The minimum atomic E-state index is 0.237. The van der Waals surface area contributed by atoms with E-state index in [1.54, 1.807) is 0 Å². The number of nitrogens with one attached hydrogen (secondary N) is 1. The highest BCUT2D eigenvalue weighted by Crippen LogP contribution is 2.22. The van der Waals surface area contributed by atoms with Gasteiger partial charge in [0, 0.05) is 22.4 Å². The Morgan fingerprint density at radius 1 is 1.35 bits per heavy atom. The summed E-state index contributed by atoms with van der Waals surface area (Å²) < 4.78 is 5.35. The van der Waals surface area contributed by atoms with Gasteiger partial charge in [-0.2, -0.15) is 4.37 Å². The number of hydrogen-bond acceptors (Lipinski definition) is 4. The van der Waals surface area contributed by atoms with E-state index in [1.807, 2.05) is 12.1 Å². The molecule has 0 saturated carbocycles. The Labute approximate surface area is 114 Å². The van der Waals surface area contributed by atoms with Crippen molar-refractivity contribution in [2.45, 2.75) is 26.3 Å². The summed E-state index contributed by atoms with van der Waals surface area (Å²) in [6.45, 7) is 4.18. The summed E-state index contributed by atoms with van der Waals surface area (Å²) in [6.07, 6.45) is 0.880. The molecule has 0 amide bonds. The molecule has 5 heteroatoms. The minimum Gasteiger partial charge on any atom is -0.354 e. The molecule has 1 heterocycles. The minimum absolute atomic E-state index is 0.237. The molecule has 1 unspecified atom stereocenters. The summed E-state index contributed by atoms with van der Waals surface area (Å²) in [4.78, 5) is 4.40. The zero-order valence-corrected chi connectivity index (χ0v) is 12.2. The Bertz CT molecular complexity index is 481. The maximum absolute atomic E-state index is 4.40. The molecule has 17 heavy (non-hydrogen) atoms. The number of halogens is 1. The largest absolute Gasteiger partial charge is 0.354 e. The summed E-state index contributed by atoms with van der Waals surface area (Å²) in [7, 11) is 0. The van der Waals surface area contributed by atoms with Crippen LogP contribution in [-0.2, 0) is 6.42 Å². The van der Waals surface area contributed by atoms with Crippen molar-refractivity contribution in [3.8, 4) is 0 Å². The average molecular weight is 312 g/mol. The van der Waals surface area contributed by atoms with Crippen LogP contribution in [0.2, 0.25) is 0 Å². The topological polar surface area (TPSA) is 37.8 Å². The van der Waals surface area contributed by atoms with Crippen LogP contribution in [-0.4, -0.2) is 9.36 Å². The number of rotatable bonds is 4. The molecule has 0 radical (unpaired) electrons. The van der Waals surface area contributed by atoms with Crippen LogP contribution in [0.1, 0.15) is 31.3 Å². The van der Waals surface area contributed by atoms with E-state index in [0.717, 1.165) is 21.8 Å². The summed E-state index contributed by atoms with van der Waals surface area (Å²) in [5.74, 6) is 0.903. The molecule has 1 aromatic carbocycles. The summed E-state index contributed by atoms with van der Waals surface area (Å²) >= 11 is 4.85. The lowest BCUT2D eigenvalue weighted by Gasteiger charge is -2.12. The van der Waals surface area contributed by atoms with Crippen molar-refractivity contribution in [2.24, 2.45) is 0 Å². The zero-order valence-electron chi connectivity index (χ0n) is 9.77. The smallest absolute Gasteiger partial charge is 0.203 e. The monoisotopic (exact) mass is 311 g/mol. The van der Waals surface area contributed by atoms with Crippen LogP contribution in [0.4, 0.5) is 5.13 Å². The van der Waals surface area contributed by atoms with E-state index >= 15 is 0 Å². The van der Waals surface area contributed by atoms with Crippen molar-refractivity contribution in [1.82, 2.24) is 9.36 Å². The number of anilines is 1. The van der Waals surface area contributed by atoms with E-state index in [4.69, 9.17) is 0 Å². The van der Waals surface area contributed by atoms with Gasteiger partial charge in [0.05, 0.1) is 6.04 Å². The molecule has 0 aliphatic heterocycles. The molecule has 1 N–H and O–H groups in total. The van der Waals surface area contributed by atoms with E-state index < -0.39 is 0 Å². The Balaban J connectivity index is 2.05. The zero-order chi connectivity index (χ0) is 12.3. The standard InChI is InChI=1S/C12H14BrN3S/c1-3-11-15-12(17-16-11)14-8(2)9-4-6-10(13)7-5-9/h4-8H,3H2,1-2H3,(H,14,15,16). The van der Waals surface area contributed by atoms with E-state index in [2.05, 4.69) is 56.6 Å². The molecule has 0 fully saturated rings. The fourth-order valence-electron chi connectivity index (χ4n) is 1.48. The quantitative estimate of drug-likeness (QED) is 0.926.